The van der Waals surface area contributed by atoms with Crippen LogP contribution in [-0.4, -0.2) is 69.5 Å². The predicted octanol–water partition coefficient (Wildman–Crippen LogP) is 2.67. The molecule has 0 aliphatic carbocycles. The molecule has 0 aliphatic heterocycles. The fourth-order valence-electron chi connectivity index (χ4n) is 5.99. The zero-order valence-electron chi connectivity index (χ0n) is 27.2. The lowest BCUT2D eigenvalue weighted by molar-refractivity contribution is -0.142. The lowest BCUT2D eigenvalue weighted by Crippen LogP contribution is -2.58. The number of hydrogen-bond acceptors (Lipinski definition) is 6. The monoisotopic (exact) mass is 665 g/mol. The van der Waals surface area contributed by atoms with Gasteiger partial charge in [0.2, 0.25) is 17.7 Å². The Kier molecular flexibility index (Phi) is 11.8. The number of amides is 3. The molecule has 3 amide bonds. The second kappa shape index (κ2) is 16.6. The maximum atomic E-state index is 14.1. The molecule has 0 saturated heterocycles. The summed E-state index contributed by atoms with van der Waals surface area (Å²) in [6.07, 6.45) is 5.37. The van der Waals surface area contributed by atoms with Crippen LogP contribution in [-0.2, 0) is 38.4 Å². The Balaban J connectivity index is 1.38. The molecule has 0 aliphatic rings. The Bertz CT molecular complexity index is 1890. The molecule has 49 heavy (non-hydrogen) atoms. The summed E-state index contributed by atoms with van der Waals surface area (Å²) in [6, 6.07) is 20.1. The first-order chi connectivity index (χ1) is 23.7. The van der Waals surface area contributed by atoms with Crippen molar-refractivity contribution in [3.63, 3.8) is 0 Å². The Hall–Kier alpha value is -5.46. The van der Waals surface area contributed by atoms with E-state index in [1.165, 1.54) is 0 Å². The van der Waals surface area contributed by atoms with E-state index in [0.29, 0.717) is 19.4 Å². The number of aliphatic carboxylic acids is 1. The molecule has 3 aromatic carbocycles. The summed E-state index contributed by atoms with van der Waals surface area (Å²) in [7, 11) is 0. The number of hydrogen-bond donors (Lipinski definition) is 8. The van der Waals surface area contributed by atoms with Crippen molar-refractivity contribution in [2.75, 3.05) is 6.54 Å². The zero-order valence-corrected chi connectivity index (χ0v) is 27.2. The summed E-state index contributed by atoms with van der Waals surface area (Å²) in [6.45, 7) is 0.405. The van der Waals surface area contributed by atoms with Gasteiger partial charge in [0.1, 0.15) is 18.1 Å². The van der Waals surface area contributed by atoms with Crippen LogP contribution in [0.5, 0.6) is 0 Å². The molecule has 0 fully saturated rings. The second-order valence-electron chi connectivity index (χ2n) is 12.2. The van der Waals surface area contributed by atoms with Gasteiger partial charge in [-0.1, -0.05) is 66.7 Å². The molecular formula is C37H43N7O5. The molecule has 4 atom stereocenters. The van der Waals surface area contributed by atoms with E-state index in [4.69, 9.17) is 11.5 Å². The Morgan fingerprint density at radius 1 is 0.633 bits per heavy atom. The predicted molar refractivity (Wildman–Crippen MR) is 188 cm³/mol. The van der Waals surface area contributed by atoms with Crippen LogP contribution < -0.4 is 27.4 Å². The van der Waals surface area contributed by atoms with Gasteiger partial charge in [0, 0.05) is 47.0 Å². The summed E-state index contributed by atoms with van der Waals surface area (Å²) in [5, 5.41) is 19.9. The van der Waals surface area contributed by atoms with Crippen LogP contribution in [0, 0.1) is 0 Å². The first-order valence-corrected chi connectivity index (χ1v) is 16.5. The molecular weight excluding hydrogens is 622 g/mol. The van der Waals surface area contributed by atoms with Crippen LogP contribution in [0.3, 0.4) is 0 Å². The molecule has 12 nitrogen and oxygen atoms in total. The minimum Gasteiger partial charge on any atom is -0.480 e. The highest BCUT2D eigenvalue weighted by Gasteiger charge is 2.31. The summed E-state index contributed by atoms with van der Waals surface area (Å²) in [5.74, 6) is -2.96. The number of aromatic amines is 2. The van der Waals surface area contributed by atoms with Crippen LogP contribution in [0.2, 0.25) is 0 Å². The highest BCUT2D eigenvalue weighted by atomic mass is 16.4. The van der Waals surface area contributed by atoms with E-state index in [1.54, 1.807) is 6.20 Å². The van der Waals surface area contributed by atoms with Crippen molar-refractivity contribution in [1.82, 2.24) is 25.9 Å². The van der Waals surface area contributed by atoms with Gasteiger partial charge in [0.05, 0.1) is 6.04 Å². The van der Waals surface area contributed by atoms with Gasteiger partial charge in [-0.05, 0) is 61.1 Å². The average molecular weight is 666 g/mol. The highest BCUT2D eigenvalue weighted by molar-refractivity contribution is 5.95. The smallest absolute Gasteiger partial charge is 0.326 e. The first-order valence-electron chi connectivity index (χ1n) is 16.5. The first kappa shape index (κ1) is 34.9. The van der Waals surface area contributed by atoms with Crippen molar-refractivity contribution in [1.29, 1.82) is 0 Å². The van der Waals surface area contributed by atoms with Crippen molar-refractivity contribution < 1.29 is 24.3 Å². The standard InChI is InChI=1S/C37H43N7O5/c38-17-9-8-16-31(37(48)49)42-35(46)32(18-23-10-2-1-3-11-23)44-36(47)33(20-25-22-41-30-15-7-5-13-27(25)30)43-34(45)28(39)19-24-21-40-29-14-6-4-12-26(24)29/h1-7,10-15,21-22,28,31-33,40-41H,8-9,16-20,38-39H2,(H,42,46)(H,43,45)(H,44,47)(H,48,49). The molecule has 5 rings (SSSR count). The summed E-state index contributed by atoms with van der Waals surface area (Å²) < 4.78 is 0. The Morgan fingerprint density at radius 2 is 1.14 bits per heavy atom. The number of para-hydroxylation sites is 2. The van der Waals surface area contributed by atoms with Gasteiger partial charge in [-0.2, -0.15) is 0 Å². The van der Waals surface area contributed by atoms with Gasteiger partial charge < -0.3 is 42.5 Å². The number of carbonyl (C=O) groups excluding carboxylic acids is 3. The van der Waals surface area contributed by atoms with Crippen molar-refractivity contribution in [3.8, 4) is 0 Å². The van der Waals surface area contributed by atoms with E-state index in [2.05, 4.69) is 25.9 Å². The van der Waals surface area contributed by atoms with E-state index in [9.17, 15) is 24.3 Å². The number of carboxylic acid groups (broad SMARTS) is 1. The summed E-state index contributed by atoms with van der Waals surface area (Å²) in [4.78, 5) is 59.7. The molecule has 4 unspecified atom stereocenters. The number of fused-ring (bicyclic) bond motifs is 2. The van der Waals surface area contributed by atoms with Crippen LogP contribution in [0.15, 0.2) is 91.3 Å². The van der Waals surface area contributed by atoms with Gasteiger partial charge in [-0.3, -0.25) is 14.4 Å². The van der Waals surface area contributed by atoms with E-state index in [1.807, 2.05) is 85.1 Å². The van der Waals surface area contributed by atoms with Gasteiger partial charge in [-0.15, -0.1) is 0 Å². The van der Waals surface area contributed by atoms with E-state index in [-0.39, 0.29) is 25.7 Å². The molecule has 2 heterocycles. The summed E-state index contributed by atoms with van der Waals surface area (Å²) in [5.41, 5.74) is 16.2. The van der Waals surface area contributed by atoms with Crippen molar-refractivity contribution in [3.05, 3.63) is 108 Å². The molecule has 0 saturated carbocycles. The molecule has 256 valence electrons. The highest BCUT2D eigenvalue weighted by Crippen LogP contribution is 2.21. The maximum absolute atomic E-state index is 14.1. The zero-order chi connectivity index (χ0) is 34.8. The van der Waals surface area contributed by atoms with E-state index < -0.39 is 47.9 Å². The third kappa shape index (κ3) is 9.12. The Labute approximate surface area is 284 Å². The lowest BCUT2D eigenvalue weighted by Gasteiger charge is -2.25. The third-order valence-corrected chi connectivity index (χ3v) is 8.66. The van der Waals surface area contributed by atoms with Gasteiger partial charge in [0.25, 0.3) is 0 Å². The molecule has 10 N–H and O–H groups in total. The number of carbonyl (C=O) groups is 4. The van der Waals surface area contributed by atoms with Gasteiger partial charge in [-0.25, -0.2) is 4.79 Å². The minimum atomic E-state index is -1.18. The van der Waals surface area contributed by atoms with Crippen molar-refractivity contribution in [2.45, 2.75) is 62.7 Å². The molecule has 5 aromatic rings. The number of unbranched alkanes of at least 4 members (excludes halogenated alkanes) is 1. The molecule has 2 aromatic heterocycles. The number of benzene rings is 3. The minimum absolute atomic E-state index is 0.0986. The fourth-order valence-corrected chi connectivity index (χ4v) is 5.99. The normalized spacial score (nSPS) is 13.8. The van der Waals surface area contributed by atoms with Gasteiger partial charge >= 0.3 is 5.97 Å². The number of aromatic nitrogens is 2. The number of nitrogens with two attached hydrogens (primary N) is 2. The Morgan fingerprint density at radius 3 is 1.73 bits per heavy atom. The second-order valence-corrected chi connectivity index (χ2v) is 12.2. The van der Waals surface area contributed by atoms with E-state index in [0.717, 1.165) is 38.5 Å². The lowest BCUT2D eigenvalue weighted by atomic mass is 10.0. The quantitative estimate of drug-likeness (QED) is 0.0696. The van der Waals surface area contributed by atoms with Crippen LogP contribution in [0.1, 0.15) is 36.0 Å². The summed E-state index contributed by atoms with van der Waals surface area (Å²) >= 11 is 0. The third-order valence-electron chi connectivity index (χ3n) is 8.66. The van der Waals surface area contributed by atoms with Crippen LogP contribution >= 0.6 is 0 Å². The molecule has 0 radical (unpaired) electrons. The topological polar surface area (TPSA) is 208 Å². The van der Waals surface area contributed by atoms with Crippen molar-refractivity contribution >= 4 is 45.5 Å². The van der Waals surface area contributed by atoms with Crippen LogP contribution in [0.25, 0.3) is 21.8 Å². The number of rotatable bonds is 17. The average Bonchev–Trinajstić information content (AvgIpc) is 3.71. The number of nitrogens with one attached hydrogen (secondary N) is 5. The fraction of sp³-hybridized carbons (Fsp3) is 0.297. The molecule has 12 heteroatoms. The largest absolute Gasteiger partial charge is 0.480 e. The number of H-pyrrole nitrogens is 2. The van der Waals surface area contributed by atoms with Crippen LogP contribution in [0.4, 0.5) is 0 Å². The molecule has 0 bridgehead atoms. The maximum Gasteiger partial charge on any atom is 0.326 e. The number of carboxylic acids is 1. The van der Waals surface area contributed by atoms with E-state index >= 15 is 0 Å². The van der Waals surface area contributed by atoms with Crippen molar-refractivity contribution in [2.24, 2.45) is 11.5 Å². The molecule has 0 spiro atoms. The van der Waals surface area contributed by atoms with Gasteiger partial charge in [0.15, 0.2) is 0 Å². The SMILES string of the molecule is NCCCCC(NC(=O)C(Cc1ccccc1)NC(=O)C(Cc1c[nH]c2ccccc12)NC(=O)C(N)Cc1c[nH]c2ccccc12)C(=O)O.